The van der Waals surface area contributed by atoms with Crippen molar-refractivity contribution in [3.63, 3.8) is 0 Å². The van der Waals surface area contributed by atoms with Crippen LogP contribution in [0.5, 0.6) is 5.75 Å². The molecule has 1 saturated heterocycles. The Morgan fingerprint density at radius 1 is 1.07 bits per heavy atom. The lowest BCUT2D eigenvalue weighted by Crippen LogP contribution is -2.53. The number of piperidine rings is 1. The summed E-state index contributed by atoms with van der Waals surface area (Å²) in [5.74, 6) is 0.972. The molecule has 0 aliphatic carbocycles. The molecule has 2 aromatic rings. The van der Waals surface area contributed by atoms with Crippen LogP contribution < -0.4 is 10.1 Å². The predicted octanol–water partition coefficient (Wildman–Crippen LogP) is 3.67. The Morgan fingerprint density at radius 3 is 2.24 bits per heavy atom. The number of carbonyl (C=O) groups excluding carboxylic acids is 2. The molecule has 1 fully saturated rings. The summed E-state index contributed by atoms with van der Waals surface area (Å²) in [5, 5.41) is 2.83. The van der Waals surface area contributed by atoms with Gasteiger partial charge in [-0.15, -0.1) is 0 Å². The van der Waals surface area contributed by atoms with Crippen molar-refractivity contribution < 1.29 is 14.3 Å². The van der Waals surface area contributed by atoms with Crippen LogP contribution in [0.25, 0.3) is 11.1 Å². The molecule has 2 aromatic carbocycles. The van der Waals surface area contributed by atoms with Crippen LogP contribution in [0, 0.1) is 5.41 Å². The number of nitrogens with one attached hydrogen (secondary N) is 1. The fourth-order valence-corrected chi connectivity index (χ4v) is 4.23. The van der Waals surface area contributed by atoms with Gasteiger partial charge in [0, 0.05) is 26.6 Å². The lowest BCUT2D eigenvalue weighted by molar-refractivity contribution is -0.141. The molecule has 1 N–H and O–H groups in total. The van der Waals surface area contributed by atoms with Gasteiger partial charge in [0.25, 0.3) is 0 Å². The van der Waals surface area contributed by atoms with E-state index >= 15 is 0 Å². The fourth-order valence-electron chi connectivity index (χ4n) is 4.23. The molecule has 5 heteroatoms. The third-order valence-corrected chi connectivity index (χ3v) is 5.86. The molecule has 1 aliphatic rings. The van der Waals surface area contributed by atoms with E-state index < -0.39 is 5.41 Å². The number of carbonyl (C=O) groups is 2. The monoisotopic (exact) mass is 394 g/mol. The van der Waals surface area contributed by atoms with Gasteiger partial charge in [0.15, 0.2) is 0 Å². The third kappa shape index (κ3) is 4.61. The maximum absolute atomic E-state index is 12.8. The van der Waals surface area contributed by atoms with Crippen molar-refractivity contribution in [2.75, 3.05) is 27.2 Å². The average Bonchev–Trinajstić information content (AvgIpc) is 2.78. The van der Waals surface area contributed by atoms with Crippen LogP contribution in [-0.4, -0.2) is 44.0 Å². The normalized spacial score (nSPS) is 18.9. The summed E-state index contributed by atoms with van der Waals surface area (Å²) in [6, 6.07) is 16.3. The highest BCUT2D eigenvalue weighted by Gasteiger charge is 2.42. The van der Waals surface area contributed by atoms with Crippen molar-refractivity contribution in [2.24, 2.45) is 5.41 Å². The molecule has 0 aromatic heterocycles. The van der Waals surface area contributed by atoms with Crippen LogP contribution in [-0.2, 0) is 16.0 Å². The molecule has 0 saturated carbocycles. The number of hydrogen-bond donors (Lipinski definition) is 1. The Labute approximate surface area is 173 Å². The fraction of sp³-hybridized carbons (Fsp3) is 0.417. The molecule has 0 unspecified atom stereocenters. The largest absolute Gasteiger partial charge is 0.497 e. The van der Waals surface area contributed by atoms with Crippen molar-refractivity contribution in [1.29, 1.82) is 0 Å². The van der Waals surface area contributed by atoms with E-state index in [9.17, 15) is 9.59 Å². The highest BCUT2D eigenvalue weighted by molar-refractivity contribution is 5.84. The Hall–Kier alpha value is -2.82. The van der Waals surface area contributed by atoms with Crippen molar-refractivity contribution in [3.05, 3.63) is 54.1 Å². The zero-order valence-electron chi connectivity index (χ0n) is 17.5. The summed E-state index contributed by atoms with van der Waals surface area (Å²) in [6.07, 6.45) is 2.74. The quantitative estimate of drug-likeness (QED) is 0.813. The first-order chi connectivity index (χ1) is 14.0. The molecule has 0 spiro atoms. The molecule has 5 nitrogen and oxygen atoms in total. The van der Waals surface area contributed by atoms with Gasteiger partial charge in [-0.3, -0.25) is 9.59 Å². The van der Waals surface area contributed by atoms with E-state index in [1.54, 1.807) is 14.2 Å². The Kier molecular flexibility index (Phi) is 6.57. The number of methoxy groups -OCH3 is 1. The maximum atomic E-state index is 12.8. The zero-order chi connectivity index (χ0) is 20.9. The molecule has 0 radical (unpaired) electrons. The number of likely N-dealkylation sites (tertiary alicyclic amines) is 1. The SMILES string of the molecule is CCC(=O)N1CCC[C@](Cc2ccc(-c3ccc(OC)cc3)cc2)(C(=O)NC)C1. The summed E-state index contributed by atoms with van der Waals surface area (Å²) in [6.45, 7) is 3.10. The van der Waals surface area contributed by atoms with Gasteiger partial charge >= 0.3 is 0 Å². The summed E-state index contributed by atoms with van der Waals surface area (Å²) >= 11 is 0. The molecule has 0 bridgehead atoms. The van der Waals surface area contributed by atoms with Gasteiger partial charge in [-0.25, -0.2) is 0 Å². The Balaban J connectivity index is 1.80. The molecule has 154 valence electrons. The van der Waals surface area contributed by atoms with E-state index in [1.165, 1.54) is 0 Å². The minimum atomic E-state index is -0.570. The lowest BCUT2D eigenvalue weighted by Gasteiger charge is -2.41. The average molecular weight is 395 g/mol. The molecule has 3 rings (SSSR count). The Morgan fingerprint density at radius 2 is 1.69 bits per heavy atom. The van der Waals surface area contributed by atoms with E-state index in [-0.39, 0.29) is 11.8 Å². The van der Waals surface area contributed by atoms with Crippen molar-refractivity contribution in [3.8, 4) is 16.9 Å². The van der Waals surface area contributed by atoms with E-state index in [0.717, 1.165) is 41.8 Å². The standard InChI is InChI=1S/C24H30N2O3/c1-4-22(27)26-15-5-14-24(17-26,23(28)25-2)16-18-6-8-19(9-7-18)20-10-12-21(29-3)13-11-20/h6-13H,4-5,14-17H2,1-3H3,(H,25,28)/t24-/m1/s1. The van der Waals surface area contributed by atoms with E-state index in [0.29, 0.717) is 19.4 Å². The van der Waals surface area contributed by atoms with Crippen LogP contribution in [0.15, 0.2) is 48.5 Å². The van der Waals surface area contributed by atoms with Crippen LogP contribution in [0.1, 0.15) is 31.7 Å². The number of rotatable bonds is 6. The molecule has 29 heavy (non-hydrogen) atoms. The molecule has 1 heterocycles. The molecule has 2 amide bonds. The molecular weight excluding hydrogens is 364 g/mol. The van der Waals surface area contributed by atoms with Gasteiger partial charge in [-0.05, 0) is 48.1 Å². The summed E-state index contributed by atoms with van der Waals surface area (Å²) in [7, 11) is 3.34. The van der Waals surface area contributed by atoms with E-state index in [2.05, 4.69) is 29.6 Å². The van der Waals surface area contributed by atoms with Crippen molar-refractivity contribution in [2.45, 2.75) is 32.6 Å². The molecule has 1 aliphatic heterocycles. The van der Waals surface area contributed by atoms with E-state index in [4.69, 9.17) is 4.74 Å². The first-order valence-corrected chi connectivity index (χ1v) is 10.2. The van der Waals surface area contributed by atoms with Crippen LogP contribution in [0.4, 0.5) is 0 Å². The second-order valence-electron chi connectivity index (χ2n) is 7.73. The number of benzene rings is 2. The topological polar surface area (TPSA) is 58.6 Å². The number of amides is 2. The lowest BCUT2D eigenvalue weighted by atomic mass is 9.74. The minimum absolute atomic E-state index is 0.0188. The summed E-state index contributed by atoms with van der Waals surface area (Å²) < 4.78 is 5.22. The first-order valence-electron chi connectivity index (χ1n) is 10.2. The summed E-state index contributed by atoms with van der Waals surface area (Å²) in [5.41, 5.74) is 2.78. The number of hydrogen-bond acceptors (Lipinski definition) is 3. The van der Waals surface area contributed by atoms with Crippen LogP contribution in [0.2, 0.25) is 0 Å². The predicted molar refractivity (Wildman–Crippen MR) is 115 cm³/mol. The minimum Gasteiger partial charge on any atom is -0.497 e. The van der Waals surface area contributed by atoms with Gasteiger partial charge in [-0.1, -0.05) is 43.3 Å². The second-order valence-corrected chi connectivity index (χ2v) is 7.73. The third-order valence-electron chi connectivity index (χ3n) is 5.86. The van der Waals surface area contributed by atoms with Crippen LogP contribution >= 0.6 is 0 Å². The first kappa shape index (κ1) is 20.9. The zero-order valence-corrected chi connectivity index (χ0v) is 17.5. The maximum Gasteiger partial charge on any atom is 0.228 e. The van der Waals surface area contributed by atoms with Gasteiger partial charge in [0.1, 0.15) is 5.75 Å². The van der Waals surface area contributed by atoms with Gasteiger partial charge in [0.2, 0.25) is 11.8 Å². The Bertz CT molecular complexity index is 845. The number of nitrogens with zero attached hydrogens (tertiary/aromatic N) is 1. The highest BCUT2D eigenvalue weighted by Crippen LogP contribution is 2.35. The van der Waals surface area contributed by atoms with Crippen molar-refractivity contribution >= 4 is 11.8 Å². The highest BCUT2D eigenvalue weighted by atomic mass is 16.5. The van der Waals surface area contributed by atoms with Gasteiger partial charge < -0.3 is 15.0 Å². The van der Waals surface area contributed by atoms with Gasteiger partial charge in [0.05, 0.1) is 12.5 Å². The molecular formula is C24H30N2O3. The van der Waals surface area contributed by atoms with Gasteiger partial charge in [-0.2, -0.15) is 0 Å². The summed E-state index contributed by atoms with van der Waals surface area (Å²) in [4.78, 5) is 26.9. The number of ether oxygens (including phenoxy) is 1. The van der Waals surface area contributed by atoms with E-state index in [1.807, 2.05) is 36.1 Å². The molecule has 1 atom stereocenters. The van der Waals surface area contributed by atoms with Crippen molar-refractivity contribution in [1.82, 2.24) is 10.2 Å². The smallest absolute Gasteiger partial charge is 0.228 e. The second kappa shape index (κ2) is 9.12. The van der Waals surface area contributed by atoms with Crippen LogP contribution in [0.3, 0.4) is 0 Å².